The normalized spacial score (nSPS) is 10.0. The number of hydrogen-bond acceptors (Lipinski definition) is 3. The van der Waals surface area contributed by atoms with Crippen molar-refractivity contribution in [1.29, 1.82) is 0 Å². The number of aromatic carboxylic acids is 1. The van der Waals surface area contributed by atoms with Crippen molar-refractivity contribution < 1.29 is 9.90 Å². The van der Waals surface area contributed by atoms with Crippen molar-refractivity contribution in [3.63, 3.8) is 0 Å². The van der Waals surface area contributed by atoms with E-state index in [0.717, 1.165) is 5.56 Å². The Bertz CT molecular complexity index is 575. The number of hydrogen-bond donors (Lipinski definition) is 2. The van der Waals surface area contributed by atoms with Crippen molar-refractivity contribution in [2.75, 3.05) is 0 Å². The van der Waals surface area contributed by atoms with E-state index >= 15 is 0 Å². The molecule has 0 spiro atoms. The SMILES string of the molecule is O=C(O)c1ccc(-c2ccncc2)[nH]c1=O. The zero-order valence-electron chi connectivity index (χ0n) is 8.18. The van der Waals surface area contributed by atoms with E-state index in [1.54, 1.807) is 30.6 Å². The number of nitrogens with zero attached hydrogens (tertiary/aromatic N) is 1. The Morgan fingerprint density at radius 3 is 2.44 bits per heavy atom. The molecule has 0 aromatic carbocycles. The van der Waals surface area contributed by atoms with Crippen LogP contribution < -0.4 is 5.56 Å². The average molecular weight is 216 g/mol. The highest BCUT2D eigenvalue weighted by Gasteiger charge is 2.08. The quantitative estimate of drug-likeness (QED) is 0.788. The number of rotatable bonds is 2. The maximum absolute atomic E-state index is 11.4. The summed E-state index contributed by atoms with van der Waals surface area (Å²) in [5.41, 5.74) is 0.473. The molecule has 0 aliphatic heterocycles. The molecule has 2 rings (SSSR count). The molecule has 0 aliphatic carbocycles. The van der Waals surface area contributed by atoms with Gasteiger partial charge in [0.1, 0.15) is 5.56 Å². The van der Waals surface area contributed by atoms with Crippen molar-refractivity contribution in [2.45, 2.75) is 0 Å². The monoisotopic (exact) mass is 216 g/mol. The van der Waals surface area contributed by atoms with Gasteiger partial charge in [-0.15, -0.1) is 0 Å². The molecule has 0 saturated carbocycles. The Morgan fingerprint density at radius 2 is 1.88 bits per heavy atom. The molecule has 0 amide bonds. The molecule has 0 unspecified atom stereocenters. The van der Waals surface area contributed by atoms with Crippen molar-refractivity contribution in [3.8, 4) is 11.3 Å². The standard InChI is InChI=1S/C11H8N2O3/c14-10-8(11(15)16)1-2-9(13-10)7-3-5-12-6-4-7/h1-6H,(H,13,14)(H,15,16). The summed E-state index contributed by atoms with van der Waals surface area (Å²) in [5.74, 6) is -1.23. The topological polar surface area (TPSA) is 83.0 Å². The number of carboxylic acid groups (broad SMARTS) is 1. The number of H-pyrrole nitrogens is 1. The maximum atomic E-state index is 11.4. The predicted octanol–water partition coefficient (Wildman–Crippen LogP) is 1.14. The van der Waals surface area contributed by atoms with Crippen LogP contribution in [0.15, 0.2) is 41.5 Å². The first-order valence-electron chi connectivity index (χ1n) is 4.55. The van der Waals surface area contributed by atoms with Crippen molar-refractivity contribution in [1.82, 2.24) is 9.97 Å². The Hall–Kier alpha value is -2.43. The van der Waals surface area contributed by atoms with Gasteiger partial charge in [0, 0.05) is 23.7 Å². The first-order valence-corrected chi connectivity index (χ1v) is 4.55. The molecule has 2 N–H and O–H groups in total. The Morgan fingerprint density at radius 1 is 1.19 bits per heavy atom. The van der Waals surface area contributed by atoms with Crippen molar-refractivity contribution in [3.05, 3.63) is 52.6 Å². The van der Waals surface area contributed by atoms with Crippen LogP contribution >= 0.6 is 0 Å². The summed E-state index contributed by atoms with van der Waals surface area (Å²) in [5, 5.41) is 8.70. The summed E-state index contributed by atoms with van der Waals surface area (Å²) in [6.45, 7) is 0. The van der Waals surface area contributed by atoms with Gasteiger partial charge < -0.3 is 10.1 Å². The number of aromatic amines is 1. The lowest BCUT2D eigenvalue weighted by Gasteiger charge is -2.01. The van der Waals surface area contributed by atoms with Gasteiger partial charge in [0.05, 0.1) is 0 Å². The number of carbonyl (C=O) groups is 1. The van der Waals surface area contributed by atoms with Gasteiger partial charge in [0.25, 0.3) is 5.56 Å². The van der Waals surface area contributed by atoms with Crippen LogP contribution in [0.2, 0.25) is 0 Å². The number of pyridine rings is 2. The van der Waals surface area contributed by atoms with Crippen molar-refractivity contribution >= 4 is 5.97 Å². The first kappa shape index (κ1) is 10.1. The van der Waals surface area contributed by atoms with Gasteiger partial charge in [-0.2, -0.15) is 0 Å². The third-order valence-electron chi connectivity index (χ3n) is 2.13. The van der Waals surface area contributed by atoms with Crippen LogP contribution in [-0.4, -0.2) is 21.0 Å². The van der Waals surface area contributed by atoms with Gasteiger partial charge in [0.2, 0.25) is 0 Å². The molecule has 0 aliphatic rings. The molecule has 0 fully saturated rings. The van der Waals surface area contributed by atoms with Gasteiger partial charge in [-0.3, -0.25) is 9.78 Å². The largest absolute Gasteiger partial charge is 0.477 e. The highest BCUT2D eigenvalue weighted by atomic mass is 16.4. The molecule has 80 valence electrons. The summed E-state index contributed by atoms with van der Waals surface area (Å²) in [4.78, 5) is 28.4. The second kappa shape index (κ2) is 3.98. The molecule has 0 radical (unpaired) electrons. The molecule has 16 heavy (non-hydrogen) atoms. The van der Waals surface area contributed by atoms with E-state index in [4.69, 9.17) is 5.11 Å². The summed E-state index contributed by atoms with van der Waals surface area (Å²) in [6.07, 6.45) is 3.19. The van der Waals surface area contributed by atoms with Gasteiger partial charge in [-0.1, -0.05) is 0 Å². The molecular formula is C11H8N2O3. The van der Waals surface area contributed by atoms with Gasteiger partial charge >= 0.3 is 5.97 Å². The van der Waals surface area contributed by atoms with E-state index in [2.05, 4.69) is 9.97 Å². The smallest absolute Gasteiger partial charge is 0.341 e. The first-order chi connectivity index (χ1) is 7.68. The fraction of sp³-hybridized carbons (Fsp3) is 0. The zero-order chi connectivity index (χ0) is 11.5. The van der Waals surface area contributed by atoms with Crippen LogP contribution in [0, 0.1) is 0 Å². The van der Waals surface area contributed by atoms with Crippen LogP contribution in [0.1, 0.15) is 10.4 Å². The molecule has 0 atom stereocenters. The molecule has 0 bridgehead atoms. The van der Waals surface area contributed by atoms with Crippen molar-refractivity contribution in [2.24, 2.45) is 0 Å². The van der Waals surface area contributed by atoms with Crippen LogP contribution in [-0.2, 0) is 0 Å². The summed E-state index contributed by atoms with van der Waals surface area (Å²) >= 11 is 0. The minimum Gasteiger partial charge on any atom is -0.477 e. The molecule has 2 heterocycles. The molecule has 5 nitrogen and oxygen atoms in total. The lowest BCUT2D eigenvalue weighted by molar-refractivity contribution is 0.0695. The minimum atomic E-state index is -1.23. The maximum Gasteiger partial charge on any atom is 0.341 e. The number of nitrogens with one attached hydrogen (secondary N) is 1. The fourth-order valence-electron chi connectivity index (χ4n) is 1.34. The number of aromatic nitrogens is 2. The zero-order valence-corrected chi connectivity index (χ0v) is 8.18. The van der Waals surface area contributed by atoms with Gasteiger partial charge in [-0.05, 0) is 24.3 Å². The third kappa shape index (κ3) is 1.83. The third-order valence-corrected chi connectivity index (χ3v) is 2.13. The highest BCUT2D eigenvalue weighted by Crippen LogP contribution is 2.13. The van der Waals surface area contributed by atoms with Crippen LogP contribution in [0.5, 0.6) is 0 Å². The minimum absolute atomic E-state index is 0.266. The van der Waals surface area contributed by atoms with E-state index in [9.17, 15) is 9.59 Å². The molecule has 0 saturated heterocycles. The Labute approximate surface area is 90.4 Å². The van der Waals surface area contributed by atoms with E-state index in [0.29, 0.717) is 5.69 Å². The van der Waals surface area contributed by atoms with E-state index in [1.165, 1.54) is 6.07 Å². The van der Waals surface area contributed by atoms with E-state index in [-0.39, 0.29) is 5.56 Å². The molecule has 2 aromatic rings. The van der Waals surface area contributed by atoms with Gasteiger partial charge in [0.15, 0.2) is 0 Å². The predicted molar refractivity (Wildman–Crippen MR) is 57.3 cm³/mol. The highest BCUT2D eigenvalue weighted by molar-refractivity contribution is 5.87. The van der Waals surface area contributed by atoms with Crippen LogP contribution in [0.3, 0.4) is 0 Å². The Balaban J connectivity index is 2.51. The van der Waals surface area contributed by atoms with E-state index < -0.39 is 11.5 Å². The molecule has 5 heteroatoms. The van der Waals surface area contributed by atoms with Gasteiger partial charge in [-0.25, -0.2) is 4.79 Å². The molecular weight excluding hydrogens is 208 g/mol. The summed E-state index contributed by atoms with van der Waals surface area (Å²) < 4.78 is 0. The second-order valence-electron chi connectivity index (χ2n) is 3.16. The van der Waals surface area contributed by atoms with Crippen LogP contribution in [0.4, 0.5) is 0 Å². The van der Waals surface area contributed by atoms with Crippen LogP contribution in [0.25, 0.3) is 11.3 Å². The number of carboxylic acids is 1. The Kier molecular flexibility index (Phi) is 2.51. The summed E-state index contributed by atoms with van der Waals surface area (Å²) in [6, 6.07) is 6.30. The summed E-state index contributed by atoms with van der Waals surface area (Å²) in [7, 11) is 0. The second-order valence-corrected chi connectivity index (χ2v) is 3.16. The fourth-order valence-corrected chi connectivity index (χ4v) is 1.34. The molecule has 2 aromatic heterocycles. The lowest BCUT2D eigenvalue weighted by atomic mass is 10.1. The average Bonchev–Trinajstić information content (AvgIpc) is 2.29. The van der Waals surface area contributed by atoms with E-state index in [1.807, 2.05) is 0 Å². The lowest BCUT2D eigenvalue weighted by Crippen LogP contribution is -2.17.